The van der Waals surface area contributed by atoms with Crippen LogP contribution < -0.4 is 4.90 Å². The fourth-order valence-electron chi connectivity index (χ4n) is 2.60. The van der Waals surface area contributed by atoms with Gasteiger partial charge in [-0.1, -0.05) is 32.0 Å². The lowest BCUT2D eigenvalue weighted by Gasteiger charge is -2.38. The molecular weight excluding hydrogens is 234 g/mol. The summed E-state index contributed by atoms with van der Waals surface area (Å²) in [5.41, 5.74) is 2.49. The molecule has 0 radical (unpaired) electrons. The van der Waals surface area contributed by atoms with Gasteiger partial charge in [0.05, 0.1) is 0 Å². The summed E-state index contributed by atoms with van der Waals surface area (Å²) < 4.78 is 0. The fourth-order valence-corrected chi connectivity index (χ4v) is 2.97. The number of anilines is 1. The number of fused-ring (bicyclic) bond motifs is 1. The van der Waals surface area contributed by atoms with Gasteiger partial charge >= 0.3 is 0 Å². The molecule has 1 unspecified atom stereocenters. The molecule has 0 saturated heterocycles. The third-order valence-corrected chi connectivity index (χ3v) is 3.57. The highest BCUT2D eigenvalue weighted by Gasteiger charge is 2.30. The average molecular weight is 252 g/mol. The molecule has 0 fully saturated rings. The van der Waals surface area contributed by atoms with Crippen molar-refractivity contribution in [2.24, 2.45) is 5.92 Å². The van der Waals surface area contributed by atoms with Crippen LogP contribution in [0.3, 0.4) is 0 Å². The van der Waals surface area contributed by atoms with Gasteiger partial charge in [-0.25, -0.2) is 0 Å². The van der Waals surface area contributed by atoms with Gasteiger partial charge < -0.3 is 4.90 Å². The van der Waals surface area contributed by atoms with Crippen molar-refractivity contribution in [1.82, 2.24) is 0 Å². The lowest BCUT2D eigenvalue weighted by atomic mass is 9.96. The molecule has 0 spiro atoms. The lowest BCUT2D eigenvalue weighted by molar-refractivity contribution is -0.113. The molecule has 1 aromatic carbocycles. The summed E-state index contributed by atoms with van der Waals surface area (Å²) >= 11 is 5.76. The van der Waals surface area contributed by atoms with E-state index in [0.717, 1.165) is 19.4 Å². The fraction of sp³-hybridized carbons (Fsp3) is 0.500. The van der Waals surface area contributed by atoms with Gasteiger partial charge in [-0.2, -0.15) is 0 Å². The van der Waals surface area contributed by atoms with Crippen molar-refractivity contribution in [3.63, 3.8) is 0 Å². The second-order valence-corrected chi connectivity index (χ2v) is 5.29. The maximum Gasteiger partial charge on any atom is 0.244 e. The van der Waals surface area contributed by atoms with Crippen molar-refractivity contribution < 1.29 is 4.79 Å². The Kier molecular flexibility index (Phi) is 3.72. The Balaban J connectivity index is 2.37. The standard InChI is InChI=1S/C14H18ClNO/c1-10(2)13(14(15)17)16-9-5-7-11-6-3-4-8-12(11)16/h3-4,6,8,10,13H,5,7,9H2,1-2H3. The van der Waals surface area contributed by atoms with Crippen molar-refractivity contribution in [3.8, 4) is 0 Å². The van der Waals surface area contributed by atoms with Crippen LogP contribution in [-0.2, 0) is 11.2 Å². The molecule has 0 bridgehead atoms. The molecule has 3 heteroatoms. The van der Waals surface area contributed by atoms with Crippen LogP contribution in [0.1, 0.15) is 25.8 Å². The first-order chi connectivity index (χ1) is 8.11. The van der Waals surface area contributed by atoms with Gasteiger partial charge in [-0.05, 0) is 42.0 Å². The molecule has 1 heterocycles. The second-order valence-electron chi connectivity index (χ2n) is 4.92. The van der Waals surface area contributed by atoms with Crippen molar-refractivity contribution >= 4 is 22.5 Å². The van der Waals surface area contributed by atoms with Gasteiger partial charge in [0, 0.05) is 12.2 Å². The van der Waals surface area contributed by atoms with Crippen LogP contribution in [0.5, 0.6) is 0 Å². The molecule has 0 N–H and O–H groups in total. The third kappa shape index (κ3) is 2.47. The van der Waals surface area contributed by atoms with E-state index in [1.165, 1.54) is 11.3 Å². The summed E-state index contributed by atoms with van der Waals surface area (Å²) in [6, 6.07) is 8.09. The summed E-state index contributed by atoms with van der Waals surface area (Å²) in [4.78, 5) is 13.8. The summed E-state index contributed by atoms with van der Waals surface area (Å²) in [7, 11) is 0. The number of hydrogen-bond donors (Lipinski definition) is 0. The lowest BCUT2D eigenvalue weighted by Crippen LogP contribution is -2.45. The molecule has 0 saturated carbocycles. The Morgan fingerprint density at radius 3 is 2.71 bits per heavy atom. The first-order valence-electron chi connectivity index (χ1n) is 6.15. The molecule has 17 heavy (non-hydrogen) atoms. The number of halogens is 1. The van der Waals surface area contributed by atoms with E-state index in [-0.39, 0.29) is 17.2 Å². The summed E-state index contributed by atoms with van der Waals surface area (Å²) in [5.74, 6) is 0.228. The molecule has 0 aromatic heterocycles. The van der Waals surface area contributed by atoms with Crippen molar-refractivity contribution in [3.05, 3.63) is 29.8 Å². The molecule has 0 aliphatic carbocycles. The van der Waals surface area contributed by atoms with E-state index in [9.17, 15) is 4.79 Å². The number of para-hydroxylation sites is 1. The molecule has 0 amide bonds. The number of rotatable bonds is 3. The largest absolute Gasteiger partial charge is 0.360 e. The highest BCUT2D eigenvalue weighted by molar-refractivity contribution is 6.65. The topological polar surface area (TPSA) is 20.3 Å². The normalized spacial score (nSPS) is 16.8. The van der Waals surface area contributed by atoms with E-state index in [1.807, 2.05) is 19.9 Å². The van der Waals surface area contributed by atoms with Gasteiger partial charge in [0.15, 0.2) is 0 Å². The van der Waals surface area contributed by atoms with Crippen LogP contribution in [0.15, 0.2) is 24.3 Å². The van der Waals surface area contributed by atoms with Gasteiger partial charge in [-0.15, -0.1) is 0 Å². The number of benzene rings is 1. The minimum absolute atomic E-state index is 0.210. The van der Waals surface area contributed by atoms with Crippen molar-refractivity contribution in [2.75, 3.05) is 11.4 Å². The SMILES string of the molecule is CC(C)C(C(=O)Cl)N1CCCc2ccccc21. The van der Waals surface area contributed by atoms with E-state index < -0.39 is 0 Å². The quantitative estimate of drug-likeness (QED) is 0.769. The third-order valence-electron chi connectivity index (χ3n) is 3.35. The van der Waals surface area contributed by atoms with E-state index >= 15 is 0 Å². The smallest absolute Gasteiger partial charge is 0.244 e. The number of nitrogens with zero attached hydrogens (tertiary/aromatic N) is 1. The predicted octanol–water partition coefficient (Wildman–Crippen LogP) is 3.23. The molecular formula is C14H18ClNO. The summed E-state index contributed by atoms with van der Waals surface area (Å²) in [6.45, 7) is 5.00. The van der Waals surface area contributed by atoms with Gasteiger partial charge in [0.2, 0.25) is 5.24 Å². The zero-order valence-electron chi connectivity index (χ0n) is 10.3. The molecule has 2 rings (SSSR count). The minimum Gasteiger partial charge on any atom is -0.360 e. The van der Waals surface area contributed by atoms with Crippen LogP contribution in [0.2, 0.25) is 0 Å². The number of carbonyl (C=O) groups excluding carboxylic acids is 1. The molecule has 1 aliphatic rings. The van der Waals surface area contributed by atoms with Crippen LogP contribution in [0, 0.1) is 5.92 Å². The van der Waals surface area contributed by atoms with E-state index in [1.54, 1.807) is 0 Å². The maximum absolute atomic E-state index is 11.6. The Morgan fingerprint density at radius 1 is 1.35 bits per heavy atom. The number of carbonyl (C=O) groups is 1. The van der Waals surface area contributed by atoms with Crippen LogP contribution >= 0.6 is 11.6 Å². The summed E-state index contributed by atoms with van der Waals surface area (Å²) in [5, 5.41) is -0.253. The summed E-state index contributed by atoms with van der Waals surface area (Å²) in [6.07, 6.45) is 2.18. The Bertz CT molecular complexity index is 416. The Hall–Kier alpha value is -1.02. The zero-order valence-corrected chi connectivity index (χ0v) is 11.1. The monoisotopic (exact) mass is 251 g/mol. The Labute approximate surface area is 108 Å². The first-order valence-corrected chi connectivity index (χ1v) is 6.53. The van der Waals surface area contributed by atoms with Gasteiger partial charge in [-0.3, -0.25) is 4.79 Å². The van der Waals surface area contributed by atoms with Crippen LogP contribution in [0.4, 0.5) is 5.69 Å². The van der Waals surface area contributed by atoms with E-state index in [0.29, 0.717) is 0 Å². The number of aryl methyl sites for hydroxylation is 1. The van der Waals surface area contributed by atoms with Crippen molar-refractivity contribution in [2.45, 2.75) is 32.7 Å². The predicted molar refractivity (Wildman–Crippen MR) is 71.6 cm³/mol. The highest BCUT2D eigenvalue weighted by Crippen LogP contribution is 2.31. The average Bonchev–Trinajstić information content (AvgIpc) is 2.28. The molecule has 1 aromatic rings. The van der Waals surface area contributed by atoms with Gasteiger partial charge in [0.1, 0.15) is 6.04 Å². The maximum atomic E-state index is 11.6. The van der Waals surface area contributed by atoms with E-state index in [4.69, 9.17) is 11.6 Å². The minimum atomic E-state index is -0.253. The van der Waals surface area contributed by atoms with Crippen LogP contribution in [0.25, 0.3) is 0 Å². The van der Waals surface area contributed by atoms with Crippen molar-refractivity contribution in [1.29, 1.82) is 0 Å². The molecule has 1 aliphatic heterocycles. The number of hydrogen-bond acceptors (Lipinski definition) is 2. The Morgan fingerprint density at radius 2 is 2.06 bits per heavy atom. The molecule has 92 valence electrons. The van der Waals surface area contributed by atoms with E-state index in [2.05, 4.69) is 23.1 Å². The zero-order chi connectivity index (χ0) is 12.4. The highest BCUT2D eigenvalue weighted by atomic mass is 35.5. The first kappa shape index (κ1) is 12.4. The van der Waals surface area contributed by atoms with Gasteiger partial charge in [0.25, 0.3) is 0 Å². The second kappa shape index (κ2) is 5.09. The van der Waals surface area contributed by atoms with Crippen LogP contribution in [-0.4, -0.2) is 17.8 Å². The molecule has 2 nitrogen and oxygen atoms in total. The molecule has 1 atom stereocenters.